The number of hydrogen-bond donors (Lipinski definition) is 2. The van der Waals surface area contributed by atoms with Crippen LogP contribution in [0.15, 0.2) is 77.9 Å². The zero-order chi connectivity index (χ0) is 22.8. The van der Waals surface area contributed by atoms with Gasteiger partial charge in [-0.2, -0.15) is 5.10 Å². The molecule has 7 nitrogen and oxygen atoms in total. The Hall–Kier alpha value is -3.84. The van der Waals surface area contributed by atoms with Crippen LogP contribution in [-0.2, 0) is 22.7 Å². The SMILES string of the molecule is COc1ccc(/C=N/NC(=O)C(=O)NCc2ccccc2)cc1COc1ccccc1Cl. The minimum Gasteiger partial charge on any atom is -0.496 e. The van der Waals surface area contributed by atoms with Gasteiger partial charge in [-0.15, -0.1) is 0 Å². The number of methoxy groups -OCH3 is 1. The van der Waals surface area contributed by atoms with Gasteiger partial charge in [-0.05, 0) is 41.5 Å². The number of carbonyl (C=O) groups excluding carboxylic acids is 2. The van der Waals surface area contributed by atoms with E-state index in [0.717, 1.165) is 11.1 Å². The average molecular weight is 452 g/mol. The zero-order valence-electron chi connectivity index (χ0n) is 17.4. The van der Waals surface area contributed by atoms with Crippen molar-refractivity contribution < 1.29 is 19.1 Å². The fourth-order valence-electron chi connectivity index (χ4n) is 2.78. The van der Waals surface area contributed by atoms with E-state index in [1.54, 1.807) is 37.4 Å². The van der Waals surface area contributed by atoms with E-state index in [2.05, 4.69) is 15.8 Å². The molecule has 0 saturated carbocycles. The number of ether oxygens (including phenoxy) is 2. The van der Waals surface area contributed by atoms with Crippen LogP contribution >= 0.6 is 11.6 Å². The van der Waals surface area contributed by atoms with Crippen molar-refractivity contribution in [2.45, 2.75) is 13.2 Å². The predicted octanol–water partition coefficient (Wildman–Crippen LogP) is 3.69. The molecule has 3 aromatic carbocycles. The van der Waals surface area contributed by atoms with E-state index >= 15 is 0 Å². The Bertz CT molecular complexity index is 1100. The summed E-state index contributed by atoms with van der Waals surface area (Å²) in [4.78, 5) is 23.8. The third-order valence-corrected chi connectivity index (χ3v) is 4.72. The summed E-state index contributed by atoms with van der Waals surface area (Å²) < 4.78 is 11.2. The van der Waals surface area contributed by atoms with Gasteiger partial charge >= 0.3 is 11.8 Å². The molecule has 0 bridgehead atoms. The molecule has 0 atom stereocenters. The van der Waals surface area contributed by atoms with E-state index in [-0.39, 0.29) is 13.2 Å². The predicted molar refractivity (Wildman–Crippen MR) is 123 cm³/mol. The Morgan fingerprint density at radius 2 is 1.72 bits per heavy atom. The standard InChI is InChI=1S/C24H22ClN3O4/c1-31-21-12-11-18(13-19(21)16-32-22-10-6-5-9-20(22)25)15-27-28-24(30)23(29)26-14-17-7-3-2-4-8-17/h2-13,15H,14,16H2,1H3,(H,26,29)(H,28,30)/b27-15+. The van der Waals surface area contributed by atoms with Gasteiger partial charge in [0.2, 0.25) is 0 Å². The summed E-state index contributed by atoms with van der Waals surface area (Å²) in [6.07, 6.45) is 1.43. The first-order valence-corrected chi connectivity index (χ1v) is 10.1. The highest BCUT2D eigenvalue weighted by molar-refractivity contribution is 6.35. The first-order valence-electron chi connectivity index (χ1n) is 9.76. The van der Waals surface area contributed by atoms with Gasteiger partial charge in [0, 0.05) is 12.1 Å². The molecule has 3 rings (SSSR count). The van der Waals surface area contributed by atoms with E-state index in [0.29, 0.717) is 22.1 Å². The van der Waals surface area contributed by atoms with Crippen LogP contribution < -0.4 is 20.2 Å². The molecule has 0 aliphatic heterocycles. The third-order valence-electron chi connectivity index (χ3n) is 4.41. The summed E-state index contributed by atoms with van der Waals surface area (Å²) in [5.41, 5.74) is 4.57. The van der Waals surface area contributed by atoms with Gasteiger partial charge in [0.15, 0.2) is 0 Å². The Kier molecular flexibility index (Phi) is 8.22. The lowest BCUT2D eigenvalue weighted by Gasteiger charge is -2.12. The molecule has 0 unspecified atom stereocenters. The van der Waals surface area contributed by atoms with Crippen molar-refractivity contribution in [3.63, 3.8) is 0 Å². The monoisotopic (exact) mass is 451 g/mol. The van der Waals surface area contributed by atoms with Gasteiger partial charge in [-0.25, -0.2) is 5.43 Å². The number of hydrogen-bond acceptors (Lipinski definition) is 5. The fraction of sp³-hybridized carbons (Fsp3) is 0.125. The largest absolute Gasteiger partial charge is 0.496 e. The summed E-state index contributed by atoms with van der Waals surface area (Å²) in [6.45, 7) is 0.479. The topological polar surface area (TPSA) is 89.0 Å². The van der Waals surface area contributed by atoms with Crippen molar-refractivity contribution >= 4 is 29.6 Å². The Morgan fingerprint density at radius 1 is 0.969 bits per heavy atom. The van der Waals surface area contributed by atoms with Gasteiger partial charge in [0.25, 0.3) is 0 Å². The van der Waals surface area contributed by atoms with Crippen molar-refractivity contribution in [3.05, 3.63) is 94.5 Å². The van der Waals surface area contributed by atoms with Crippen LogP contribution in [0.5, 0.6) is 11.5 Å². The molecule has 2 N–H and O–H groups in total. The highest BCUT2D eigenvalue weighted by Gasteiger charge is 2.12. The number of para-hydroxylation sites is 1. The van der Waals surface area contributed by atoms with Crippen molar-refractivity contribution in [3.8, 4) is 11.5 Å². The van der Waals surface area contributed by atoms with Crippen molar-refractivity contribution in [1.29, 1.82) is 0 Å². The van der Waals surface area contributed by atoms with Crippen molar-refractivity contribution in [2.24, 2.45) is 5.10 Å². The number of rotatable bonds is 8. The molecule has 0 spiro atoms. The Morgan fingerprint density at radius 3 is 2.47 bits per heavy atom. The van der Waals surface area contributed by atoms with Crippen LogP contribution in [-0.4, -0.2) is 25.1 Å². The second-order valence-corrected chi connectivity index (χ2v) is 7.06. The maximum atomic E-state index is 11.9. The number of benzene rings is 3. The quantitative estimate of drug-likeness (QED) is 0.310. The summed E-state index contributed by atoms with van der Waals surface area (Å²) in [5.74, 6) is -0.426. The molecule has 0 fully saturated rings. The number of halogens is 1. The van der Waals surface area contributed by atoms with Gasteiger partial charge in [0.1, 0.15) is 18.1 Å². The maximum absolute atomic E-state index is 11.9. The lowest BCUT2D eigenvalue weighted by Crippen LogP contribution is -2.37. The van der Waals surface area contributed by atoms with Crippen LogP contribution in [0.3, 0.4) is 0 Å². The Balaban J connectivity index is 1.56. The van der Waals surface area contributed by atoms with E-state index in [9.17, 15) is 9.59 Å². The van der Waals surface area contributed by atoms with E-state index < -0.39 is 11.8 Å². The lowest BCUT2D eigenvalue weighted by atomic mass is 10.1. The normalized spacial score (nSPS) is 10.6. The molecule has 0 aromatic heterocycles. The molecule has 0 saturated heterocycles. The molecule has 164 valence electrons. The van der Waals surface area contributed by atoms with Crippen LogP contribution in [0.1, 0.15) is 16.7 Å². The molecule has 0 radical (unpaired) electrons. The maximum Gasteiger partial charge on any atom is 0.329 e. The van der Waals surface area contributed by atoms with E-state index in [4.69, 9.17) is 21.1 Å². The van der Waals surface area contributed by atoms with E-state index in [1.807, 2.05) is 42.5 Å². The molecular weight excluding hydrogens is 430 g/mol. The number of carbonyl (C=O) groups is 2. The third kappa shape index (κ3) is 6.58. The van der Waals surface area contributed by atoms with Crippen LogP contribution in [0.2, 0.25) is 5.02 Å². The van der Waals surface area contributed by atoms with Crippen molar-refractivity contribution in [2.75, 3.05) is 7.11 Å². The molecular formula is C24H22ClN3O4. The van der Waals surface area contributed by atoms with Crippen LogP contribution in [0.25, 0.3) is 0 Å². The molecule has 3 aromatic rings. The average Bonchev–Trinajstić information content (AvgIpc) is 2.82. The number of amides is 2. The molecule has 0 aliphatic carbocycles. The van der Waals surface area contributed by atoms with Crippen LogP contribution in [0.4, 0.5) is 0 Å². The highest BCUT2D eigenvalue weighted by Crippen LogP contribution is 2.26. The van der Waals surface area contributed by atoms with E-state index in [1.165, 1.54) is 6.21 Å². The van der Waals surface area contributed by atoms with Gasteiger partial charge in [-0.1, -0.05) is 54.1 Å². The summed E-state index contributed by atoms with van der Waals surface area (Å²) >= 11 is 6.13. The van der Waals surface area contributed by atoms with Gasteiger partial charge in [0.05, 0.1) is 18.3 Å². The van der Waals surface area contributed by atoms with Crippen LogP contribution in [0, 0.1) is 0 Å². The van der Waals surface area contributed by atoms with Gasteiger partial charge in [-0.3, -0.25) is 9.59 Å². The minimum atomic E-state index is -0.854. The molecule has 2 amide bonds. The molecule has 0 heterocycles. The number of nitrogens with one attached hydrogen (secondary N) is 2. The van der Waals surface area contributed by atoms with Gasteiger partial charge < -0.3 is 14.8 Å². The second kappa shape index (κ2) is 11.5. The highest BCUT2D eigenvalue weighted by atomic mass is 35.5. The van der Waals surface area contributed by atoms with Crippen molar-refractivity contribution in [1.82, 2.24) is 10.7 Å². The minimum absolute atomic E-state index is 0.225. The number of hydrazone groups is 1. The zero-order valence-corrected chi connectivity index (χ0v) is 18.1. The fourth-order valence-corrected chi connectivity index (χ4v) is 2.97. The smallest absolute Gasteiger partial charge is 0.329 e. The molecule has 0 aliphatic rings. The summed E-state index contributed by atoms with van der Waals surface area (Å²) in [7, 11) is 1.57. The Labute approximate surface area is 191 Å². The first-order chi connectivity index (χ1) is 15.6. The first kappa shape index (κ1) is 22.8. The molecule has 32 heavy (non-hydrogen) atoms. The summed E-state index contributed by atoms with van der Waals surface area (Å²) in [6, 6.07) is 21.8. The second-order valence-electron chi connectivity index (χ2n) is 6.66. The lowest BCUT2D eigenvalue weighted by molar-refractivity contribution is -0.139. The molecule has 8 heteroatoms. The summed E-state index contributed by atoms with van der Waals surface area (Å²) in [5, 5.41) is 6.91. The number of nitrogens with zero attached hydrogens (tertiary/aromatic N) is 1.